The topological polar surface area (TPSA) is 77.8 Å². The summed E-state index contributed by atoms with van der Waals surface area (Å²) < 4.78 is 0. The third-order valence-electron chi connectivity index (χ3n) is 5.46. The van der Waals surface area contributed by atoms with E-state index in [1.807, 2.05) is 61.3 Å². The van der Waals surface area contributed by atoms with Gasteiger partial charge < -0.3 is 9.80 Å². The maximum absolute atomic E-state index is 13.0. The number of carbonyl (C=O) groups is 2. The van der Waals surface area contributed by atoms with Crippen LogP contribution >= 0.6 is 0 Å². The van der Waals surface area contributed by atoms with Crippen LogP contribution in [0.1, 0.15) is 11.6 Å². The molecule has 1 aliphatic heterocycles. The van der Waals surface area contributed by atoms with Crippen molar-refractivity contribution in [1.82, 2.24) is 34.6 Å². The third kappa shape index (κ3) is 5.64. The standard InChI is InChI=1S/C21H31N7O2/c1-24(2)20(18-7-5-4-6-8-18)21(30)25(3)11-12-26-13-15-27(16-14-26)19(29)17-28-22-9-10-23-28/h4-10,20H,11-17H2,1-3H3. The number of likely N-dealkylation sites (N-methyl/N-ethyl adjacent to an activating group) is 2. The molecule has 1 saturated heterocycles. The molecule has 162 valence electrons. The van der Waals surface area contributed by atoms with Gasteiger partial charge in [-0.2, -0.15) is 15.0 Å². The summed E-state index contributed by atoms with van der Waals surface area (Å²) in [4.78, 5) is 34.7. The van der Waals surface area contributed by atoms with Gasteiger partial charge in [0.2, 0.25) is 11.8 Å². The van der Waals surface area contributed by atoms with E-state index in [9.17, 15) is 9.59 Å². The van der Waals surface area contributed by atoms with Crippen molar-refractivity contribution in [3.8, 4) is 0 Å². The number of carbonyl (C=O) groups excluding carboxylic acids is 2. The fourth-order valence-corrected chi connectivity index (χ4v) is 3.67. The van der Waals surface area contributed by atoms with Crippen molar-refractivity contribution >= 4 is 11.8 Å². The summed E-state index contributed by atoms with van der Waals surface area (Å²) in [6.45, 7) is 4.59. The second-order valence-electron chi connectivity index (χ2n) is 7.82. The summed E-state index contributed by atoms with van der Waals surface area (Å²) in [5.41, 5.74) is 0.998. The molecule has 1 atom stereocenters. The first kappa shape index (κ1) is 21.9. The molecule has 0 aliphatic carbocycles. The predicted octanol–water partition coefficient (Wildman–Crippen LogP) is 0.184. The van der Waals surface area contributed by atoms with Crippen LogP contribution in [-0.4, -0.2) is 107 Å². The van der Waals surface area contributed by atoms with E-state index in [-0.39, 0.29) is 24.4 Å². The minimum atomic E-state index is -0.290. The average Bonchev–Trinajstić information content (AvgIpc) is 3.26. The van der Waals surface area contributed by atoms with Crippen LogP contribution in [0.25, 0.3) is 0 Å². The van der Waals surface area contributed by atoms with Crippen LogP contribution in [0.4, 0.5) is 0 Å². The van der Waals surface area contributed by atoms with E-state index in [1.165, 1.54) is 4.80 Å². The molecule has 2 amide bonds. The summed E-state index contributed by atoms with van der Waals surface area (Å²) in [7, 11) is 5.72. The summed E-state index contributed by atoms with van der Waals surface area (Å²) in [5, 5.41) is 7.97. The van der Waals surface area contributed by atoms with Gasteiger partial charge in [0.15, 0.2) is 0 Å². The molecule has 0 radical (unpaired) electrons. The van der Waals surface area contributed by atoms with Crippen LogP contribution in [0.5, 0.6) is 0 Å². The molecule has 1 aliphatic rings. The minimum absolute atomic E-state index is 0.0369. The zero-order valence-corrected chi connectivity index (χ0v) is 18.0. The number of rotatable bonds is 8. The molecule has 1 fully saturated rings. The van der Waals surface area contributed by atoms with E-state index in [0.717, 1.165) is 25.2 Å². The van der Waals surface area contributed by atoms with Crippen LogP contribution in [-0.2, 0) is 16.1 Å². The Bertz CT molecular complexity index is 802. The highest BCUT2D eigenvalue weighted by atomic mass is 16.2. The van der Waals surface area contributed by atoms with E-state index < -0.39 is 0 Å². The van der Waals surface area contributed by atoms with Gasteiger partial charge in [-0.1, -0.05) is 30.3 Å². The maximum atomic E-state index is 13.0. The molecule has 2 aromatic rings. The quantitative estimate of drug-likeness (QED) is 0.615. The number of piperazine rings is 1. The Hall–Kier alpha value is -2.78. The zero-order chi connectivity index (χ0) is 21.5. The molecule has 0 bridgehead atoms. The first-order valence-corrected chi connectivity index (χ1v) is 10.3. The Morgan fingerprint density at radius 3 is 2.23 bits per heavy atom. The van der Waals surface area contributed by atoms with E-state index in [2.05, 4.69) is 15.1 Å². The van der Waals surface area contributed by atoms with Crippen LogP contribution in [0.2, 0.25) is 0 Å². The van der Waals surface area contributed by atoms with Gasteiger partial charge in [-0.3, -0.25) is 19.4 Å². The van der Waals surface area contributed by atoms with Crippen molar-refractivity contribution in [2.75, 3.05) is 60.4 Å². The Balaban J connectivity index is 1.45. The van der Waals surface area contributed by atoms with Gasteiger partial charge in [0.1, 0.15) is 12.6 Å². The smallest absolute Gasteiger partial charge is 0.246 e. The van der Waals surface area contributed by atoms with Crippen molar-refractivity contribution in [2.24, 2.45) is 0 Å². The van der Waals surface area contributed by atoms with Gasteiger partial charge >= 0.3 is 0 Å². The molecule has 2 heterocycles. The lowest BCUT2D eigenvalue weighted by atomic mass is 10.0. The number of aromatic nitrogens is 3. The summed E-state index contributed by atoms with van der Waals surface area (Å²) in [5.74, 6) is 0.126. The van der Waals surface area contributed by atoms with Crippen LogP contribution in [0.15, 0.2) is 42.7 Å². The van der Waals surface area contributed by atoms with E-state index in [4.69, 9.17) is 0 Å². The maximum Gasteiger partial charge on any atom is 0.246 e. The molecule has 30 heavy (non-hydrogen) atoms. The molecule has 0 saturated carbocycles. The van der Waals surface area contributed by atoms with Crippen molar-refractivity contribution in [3.63, 3.8) is 0 Å². The van der Waals surface area contributed by atoms with E-state index in [1.54, 1.807) is 17.3 Å². The van der Waals surface area contributed by atoms with Crippen LogP contribution < -0.4 is 0 Å². The third-order valence-corrected chi connectivity index (χ3v) is 5.46. The molecular weight excluding hydrogens is 382 g/mol. The van der Waals surface area contributed by atoms with E-state index in [0.29, 0.717) is 19.6 Å². The normalized spacial score (nSPS) is 15.9. The first-order valence-electron chi connectivity index (χ1n) is 10.3. The van der Waals surface area contributed by atoms with Crippen LogP contribution in [0.3, 0.4) is 0 Å². The number of benzene rings is 1. The predicted molar refractivity (Wildman–Crippen MR) is 114 cm³/mol. The molecule has 9 heteroatoms. The molecule has 0 spiro atoms. The van der Waals surface area contributed by atoms with E-state index >= 15 is 0 Å². The molecule has 1 aromatic carbocycles. The molecule has 9 nitrogen and oxygen atoms in total. The first-order chi connectivity index (χ1) is 14.5. The Morgan fingerprint density at radius 1 is 1.00 bits per heavy atom. The Labute approximate surface area is 177 Å². The van der Waals surface area contributed by atoms with Crippen molar-refractivity contribution in [3.05, 3.63) is 48.3 Å². The second-order valence-corrected chi connectivity index (χ2v) is 7.82. The molecule has 1 aromatic heterocycles. The van der Waals surface area contributed by atoms with Gasteiger partial charge in [0.05, 0.1) is 12.4 Å². The SMILES string of the molecule is CN(CCN1CCN(C(=O)Cn2nccn2)CC1)C(=O)C(c1ccccc1)N(C)C. The fraction of sp³-hybridized carbons (Fsp3) is 0.524. The molecule has 1 unspecified atom stereocenters. The Morgan fingerprint density at radius 2 is 1.63 bits per heavy atom. The van der Waals surface area contributed by atoms with Gasteiger partial charge in [0, 0.05) is 46.3 Å². The zero-order valence-electron chi connectivity index (χ0n) is 18.0. The summed E-state index contributed by atoms with van der Waals surface area (Å²) in [6.07, 6.45) is 3.14. The molecule has 0 N–H and O–H groups in total. The highest BCUT2D eigenvalue weighted by Gasteiger charge is 2.27. The highest BCUT2D eigenvalue weighted by Crippen LogP contribution is 2.20. The van der Waals surface area contributed by atoms with Crippen molar-refractivity contribution < 1.29 is 9.59 Å². The lowest BCUT2D eigenvalue weighted by molar-refractivity contribution is -0.135. The number of amides is 2. The van der Waals surface area contributed by atoms with Crippen LogP contribution in [0, 0.1) is 0 Å². The summed E-state index contributed by atoms with van der Waals surface area (Å²) >= 11 is 0. The largest absolute Gasteiger partial charge is 0.343 e. The lowest BCUT2D eigenvalue weighted by Crippen LogP contribution is -2.51. The van der Waals surface area contributed by atoms with Gasteiger partial charge in [-0.25, -0.2) is 0 Å². The Kier molecular flexibility index (Phi) is 7.53. The average molecular weight is 414 g/mol. The number of hydrogen-bond donors (Lipinski definition) is 0. The monoisotopic (exact) mass is 413 g/mol. The van der Waals surface area contributed by atoms with Gasteiger partial charge in [-0.15, -0.1) is 0 Å². The number of hydrogen-bond acceptors (Lipinski definition) is 6. The van der Waals surface area contributed by atoms with Gasteiger partial charge in [-0.05, 0) is 19.7 Å². The molecule has 3 rings (SSSR count). The van der Waals surface area contributed by atoms with Crippen molar-refractivity contribution in [1.29, 1.82) is 0 Å². The van der Waals surface area contributed by atoms with Gasteiger partial charge in [0.25, 0.3) is 0 Å². The molecular formula is C21H31N7O2. The number of nitrogens with zero attached hydrogens (tertiary/aromatic N) is 7. The lowest BCUT2D eigenvalue weighted by Gasteiger charge is -2.36. The highest BCUT2D eigenvalue weighted by molar-refractivity contribution is 5.83. The second kappa shape index (κ2) is 10.3. The minimum Gasteiger partial charge on any atom is -0.343 e. The summed E-state index contributed by atoms with van der Waals surface area (Å²) in [6, 6.07) is 9.57. The fourth-order valence-electron chi connectivity index (χ4n) is 3.67. The van der Waals surface area contributed by atoms with Crippen molar-refractivity contribution in [2.45, 2.75) is 12.6 Å².